The smallest absolute Gasteiger partial charge is 0.00106 e. The van der Waals surface area contributed by atoms with E-state index in [4.69, 9.17) is 0 Å². The van der Waals surface area contributed by atoms with Crippen LogP contribution < -0.4 is 0 Å². The summed E-state index contributed by atoms with van der Waals surface area (Å²) < 4.78 is 0. The van der Waals surface area contributed by atoms with Gasteiger partial charge in [-0.3, -0.25) is 0 Å². The van der Waals surface area contributed by atoms with Crippen LogP contribution in [-0.2, 0) is 44.9 Å². The van der Waals surface area contributed by atoms with E-state index in [-0.39, 0.29) is 0 Å². The Morgan fingerprint density at radius 2 is 0.453 bits per heavy atom. The van der Waals surface area contributed by atoms with Crippen LogP contribution in [0.3, 0.4) is 0 Å². The Bertz CT molecular complexity index is 6320. The highest BCUT2D eigenvalue weighted by molar-refractivity contribution is 5.88. The normalized spacial score (nSPS) is 12.5. The first-order valence-corrected chi connectivity index (χ1v) is 43.1. The van der Waals surface area contributed by atoms with E-state index in [0.29, 0.717) is 0 Å². The van der Waals surface area contributed by atoms with Gasteiger partial charge in [0.2, 0.25) is 0 Å². The minimum atomic E-state index is 1.10. The molecule has 0 unspecified atom stereocenters. The Morgan fingerprint density at radius 3 is 0.983 bits per heavy atom. The molecule has 0 bridgehead atoms. The van der Waals surface area contributed by atoms with Crippen molar-refractivity contribution < 1.29 is 0 Å². The van der Waals surface area contributed by atoms with Crippen molar-refractivity contribution >= 4 is 0 Å². The van der Waals surface area contributed by atoms with E-state index in [9.17, 15) is 0 Å². The zero-order valence-corrected chi connectivity index (χ0v) is 75.3. The van der Waals surface area contributed by atoms with Gasteiger partial charge in [-0.05, 0) is 503 Å². The molecule has 117 heavy (non-hydrogen) atoms. The summed E-state index contributed by atoms with van der Waals surface area (Å²) in [6, 6.07) is 67.9. The van der Waals surface area contributed by atoms with E-state index >= 15 is 0 Å². The molecule has 21 rings (SSSR count). The molecule has 0 saturated heterocycles. The molecule has 14 aromatic rings. The predicted octanol–water partition coefficient (Wildman–Crippen LogP) is 30.8. The zero-order valence-electron chi connectivity index (χ0n) is 75.3. The molecular formula is C117H122. The number of fused-ring (bicyclic) bond motifs is 21. The van der Waals surface area contributed by atoms with Crippen molar-refractivity contribution in [2.75, 3.05) is 0 Å². The lowest BCUT2D eigenvalue weighted by Crippen LogP contribution is -1.98. The number of aryl methyl sites for hydroxylation is 16. The first-order chi connectivity index (χ1) is 55.8. The fourth-order valence-electron chi connectivity index (χ4n) is 20.7. The predicted molar refractivity (Wildman–Crippen MR) is 506 cm³/mol. The Morgan fingerprint density at radius 1 is 0.137 bits per heavy atom. The van der Waals surface area contributed by atoms with E-state index in [2.05, 4.69) is 362 Å². The van der Waals surface area contributed by atoms with Crippen molar-refractivity contribution in [1.82, 2.24) is 0 Å². The number of hydrogen-bond donors (Lipinski definition) is 0. The van der Waals surface area contributed by atoms with Gasteiger partial charge in [0, 0.05) is 0 Å². The summed E-state index contributed by atoms with van der Waals surface area (Å²) in [5.41, 5.74) is 78.9. The lowest BCUT2D eigenvalue weighted by molar-refractivity contribution is 1.15. The molecule has 0 aromatic heterocycles. The van der Waals surface area contributed by atoms with E-state index < -0.39 is 0 Å². The van der Waals surface area contributed by atoms with Gasteiger partial charge in [0.05, 0.1) is 0 Å². The molecule has 0 heterocycles. The summed E-state index contributed by atoms with van der Waals surface area (Å²) >= 11 is 0. The average molecular weight is 1530 g/mol. The second-order valence-corrected chi connectivity index (χ2v) is 36.1. The minimum Gasteiger partial charge on any atom is -0.0619 e. The molecule has 0 fully saturated rings. The van der Waals surface area contributed by atoms with Crippen LogP contribution in [0.1, 0.15) is 223 Å². The van der Waals surface area contributed by atoms with Crippen LogP contribution in [-0.4, -0.2) is 0 Å². The molecule has 590 valence electrons. The highest BCUT2D eigenvalue weighted by atomic mass is 14.3. The third-order valence-electron chi connectivity index (χ3n) is 28.5. The third-order valence-corrected chi connectivity index (χ3v) is 28.5. The molecule has 0 aliphatic heterocycles. The maximum atomic E-state index is 2.34. The van der Waals surface area contributed by atoms with E-state index in [1.807, 2.05) is 0 Å². The van der Waals surface area contributed by atoms with Crippen molar-refractivity contribution in [3.8, 4) is 77.9 Å². The van der Waals surface area contributed by atoms with Gasteiger partial charge >= 0.3 is 0 Å². The van der Waals surface area contributed by atoms with Crippen LogP contribution in [0.15, 0.2) is 182 Å². The van der Waals surface area contributed by atoms with Gasteiger partial charge in [0.1, 0.15) is 0 Å². The Hall–Kier alpha value is -10.9. The average Bonchev–Trinajstić information content (AvgIpc) is 1.40. The minimum absolute atomic E-state index is 1.10. The third kappa shape index (κ3) is 14.9. The van der Waals surface area contributed by atoms with Crippen molar-refractivity contribution in [3.05, 3.63) is 405 Å². The van der Waals surface area contributed by atoms with E-state index in [1.165, 1.54) is 295 Å². The molecule has 0 nitrogen and oxygen atoms in total. The summed E-state index contributed by atoms with van der Waals surface area (Å²) in [5, 5.41) is 0. The lowest BCUT2D eigenvalue weighted by atomic mass is 9.89. The highest BCUT2D eigenvalue weighted by Gasteiger charge is 2.30. The summed E-state index contributed by atoms with van der Waals surface area (Å²) in [6.45, 7) is 57.9. The molecule has 7 aliphatic carbocycles. The van der Waals surface area contributed by atoms with Gasteiger partial charge in [-0.15, -0.1) is 0 Å². The highest BCUT2D eigenvalue weighted by Crippen LogP contribution is 2.49. The maximum absolute atomic E-state index is 2.34. The fraction of sp³-hybridized carbons (Fsp3) is 0.282. The van der Waals surface area contributed by atoms with Crippen molar-refractivity contribution in [2.24, 2.45) is 0 Å². The number of rotatable bonds is 0. The maximum Gasteiger partial charge on any atom is -0.00106 e. The molecule has 0 amide bonds. The Kier molecular flexibility index (Phi) is 22.3. The second-order valence-electron chi connectivity index (χ2n) is 36.1. The molecule has 0 atom stereocenters. The fourth-order valence-corrected chi connectivity index (χ4v) is 20.7. The second kappa shape index (κ2) is 32.2. The van der Waals surface area contributed by atoms with Crippen molar-refractivity contribution in [1.29, 1.82) is 0 Å². The largest absolute Gasteiger partial charge is 0.0619 e. The van der Waals surface area contributed by atoms with E-state index in [0.717, 1.165) is 44.9 Å². The van der Waals surface area contributed by atoms with Crippen LogP contribution in [0.25, 0.3) is 77.9 Å². The van der Waals surface area contributed by atoms with Crippen molar-refractivity contribution in [3.63, 3.8) is 0 Å². The molecule has 0 spiro atoms. The quantitative estimate of drug-likeness (QED) is 0.142. The first-order valence-electron chi connectivity index (χ1n) is 43.1. The molecular weight excluding hydrogens is 1410 g/mol. The van der Waals surface area contributed by atoms with E-state index in [1.54, 1.807) is 5.56 Å². The molecule has 0 saturated carbocycles. The topological polar surface area (TPSA) is 0 Å². The molecule has 7 aliphatic rings. The van der Waals surface area contributed by atoms with Gasteiger partial charge in [0.15, 0.2) is 0 Å². The SMILES string of the molecule is Cc1c(C)c(C)c2c(c1C)Cc1ccccc1-2.Cc1cc(C)c2c(c1C)-c1c(C)cccc1C2.Cc1ccc2c(c1)-c1c(C)c(C)cc(C)c1C2.Cc1ccc2c(c1)-c1c(C)c(C)cc(C)c1C2.Cc1ccc2c(c1)Cc1c(C)cc(C)c(C)c1-2.Cc1ccc2c(c1)Cc1ccc(C)c(C)c1-2.Cc1ccc2c(c1C)-c1cccc(C)c1C2. The zero-order chi connectivity index (χ0) is 83.3. The summed E-state index contributed by atoms with van der Waals surface area (Å²) in [7, 11) is 0. The van der Waals surface area contributed by atoms with Crippen molar-refractivity contribution in [2.45, 2.75) is 225 Å². The van der Waals surface area contributed by atoms with Crippen LogP contribution in [0, 0.1) is 180 Å². The Labute approximate surface area is 702 Å². The van der Waals surface area contributed by atoms with Gasteiger partial charge in [-0.25, -0.2) is 0 Å². The molecule has 14 aromatic carbocycles. The monoisotopic (exact) mass is 1530 g/mol. The summed E-state index contributed by atoms with van der Waals surface area (Å²) in [6.07, 6.45) is 7.76. The van der Waals surface area contributed by atoms with Gasteiger partial charge in [-0.1, -0.05) is 204 Å². The number of hydrogen-bond acceptors (Lipinski definition) is 0. The lowest BCUT2D eigenvalue weighted by Gasteiger charge is -2.16. The molecule has 0 heteroatoms. The standard InChI is InChI=1S/5C17H18.2C16H16/c1-10-5-6-15-14(7-10)9-16-12(3)8-11(2)13(4)17(15)16;2*1-10-5-6-14-9-15-12(3)8-11(2)13(4)17(15)16(14)7-10;1-10-6-5-7-14-9-15-12(3)8-11(2)13(4)17(15)16(10)14;1-10-11(2)13(4)17-15-8-6-5-7-14(15)9-16(17)12(10)3;1-10-4-7-15-14(8-10)9-13-6-5-11(2)12(3)16(13)15;1-10-7-8-13-9-15-11(2)5-4-6-14(15)16(13)12(10)3/h5*5-8H,9H2,1-4H3;2*4-8H,9H2,1-3H3. The number of benzene rings is 14. The summed E-state index contributed by atoms with van der Waals surface area (Å²) in [4.78, 5) is 0. The molecule has 0 radical (unpaired) electrons. The summed E-state index contributed by atoms with van der Waals surface area (Å²) in [5.74, 6) is 0. The first kappa shape index (κ1) is 81.2. The van der Waals surface area contributed by atoms with Gasteiger partial charge in [-0.2, -0.15) is 0 Å². The Balaban J connectivity index is 0.000000107. The van der Waals surface area contributed by atoms with Crippen LogP contribution in [0.5, 0.6) is 0 Å². The van der Waals surface area contributed by atoms with Crippen LogP contribution >= 0.6 is 0 Å². The molecule has 0 N–H and O–H groups in total. The van der Waals surface area contributed by atoms with Crippen LogP contribution in [0.2, 0.25) is 0 Å². The van der Waals surface area contributed by atoms with Crippen LogP contribution in [0.4, 0.5) is 0 Å². The van der Waals surface area contributed by atoms with Gasteiger partial charge < -0.3 is 0 Å². The van der Waals surface area contributed by atoms with Gasteiger partial charge in [0.25, 0.3) is 0 Å².